The first kappa shape index (κ1) is 25.7. The van der Waals surface area contributed by atoms with Crippen molar-refractivity contribution < 1.29 is 9.59 Å². The highest BCUT2D eigenvalue weighted by Crippen LogP contribution is 2.30. The van der Waals surface area contributed by atoms with Crippen LogP contribution >= 0.6 is 23.5 Å². The molecule has 6 nitrogen and oxygen atoms in total. The van der Waals surface area contributed by atoms with E-state index in [2.05, 4.69) is 10.6 Å². The number of thioether (sulfide) groups is 2. The first-order chi connectivity index (χ1) is 17.3. The Morgan fingerprint density at radius 3 is 1.47 bits per heavy atom. The number of nitrogens with one attached hydrogen (secondary N) is 2. The van der Waals surface area contributed by atoms with E-state index in [0.29, 0.717) is 10.1 Å². The molecule has 8 heteroatoms. The SMILES string of the molecule is Cc1ccc(NC(=O)CSc2nc3ccccc3nc2SCC(=O)Nc2ccc(C)cc2C)c(C)c1. The fourth-order valence-electron chi connectivity index (χ4n) is 3.70. The summed E-state index contributed by atoms with van der Waals surface area (Å²) in [5.41, 5.74) is 7.43. The number of carbonyl (C=O) groups excluding carboxylic acids is 2. The number of benzene rings is 3. The molecule has 0 spiro atoms. The largest absolute Gasteiger partial charge is 0.325 e. The van der Waals surface area contributed by atoms with Crippen molar-refractivity contribution in [2.75, 3.05) is 22.1 Å². The fourth-order valence-corrected chi connectivity index (χ4v) is 5.40. The third-order valence-electron chi connectivity index (χ3n) is 5.50. The Balaban J connectivity index is 1.45. The van der Waals surface area contributed by atoms with Crippen molar-refractivity contribution in [1.29, 1.82) is 0 Å². The van der Waals surface area contributed by atoms with Gasteiger partial charge in [0.05, 0.1) is 22.5 Å². The van der Waals surface area contributed by atoms with Gasteiger partial charge in [-0.1, -0.05) is 71.0 Å². The topological polar surface area (TPSA) is 84.0 Å². The highest BCUT2D eigenvalue weighted by molar-refractivity contribution is 8.02. The van der Waals surface area contributed by atoms with Crippen molar-refractivity contribution in [2.24, 2.45) is 0 Å². The highest BCUT2D eigenvalue weighted by Gasteiger charge is 2.15. The maximum Gasteiger partial charge on any atom is 0.234 e. The molecule has 0 fully saturated rings. The molecule has 0 unspecified atom stereocenters. The average molecular weight is 517 g/mol. The molecule has 2 N–H and O–H groups in total. The van der Waals surface area contributed by atoms with Gasteiger partial charge in [-0.2, -0.15) is 0 Å². The average Bonchev–Trinajstić information content (AvgIpc) is 2.84. The van der Waals surface area contributed by atoms with Crippen LogP contribution in [0.25, 0.3) is 11.0 Å². The molecule has 0 aliphatic heterocycles. The van der Waals surface area contributed by atoms with Crippen LogP contribution in [0.4, 0.5) is 11.4 Å². The van der Waals surface area contributed by atoms with Crippen LogP contribution in [-0.4, -0.2) is 33.3 Å². The van der Waals surface area contributed by atoms with E-state index < -0.39 is 0 Å². The summed E-state index contributed by atoms with van der Waals surface area (Å²) in [4.78, 5) is 34.8. The minimum atomic E-state index is -0.120. The number of aryl methyl sites for hydroxylation is 4. The van der Waals surface area contributed by atoms with Crippen LogP contribution in [0.15, 0.2) is 70.7 Å². The van der Waals surface area contributed by atoms with Crippen molar-refractivity contribution in [3.63, 3.8) is 0 Å². The van der Waals surface area contributed by atoms with E-state index in [1.54, 1.807) is 0 Å². The van der Waals surface area contributed by atoms with E-state index in [1.165, 1.54) is 23.5 Å². The molecule has 0 atom stereocenters. The Hall–Kier alpha value is -3.36. The molecule has 0 saturated heterocycles. The van der Waals surface area contributed by atoms with E-state index >= 15 is 0 Å². The van der Waals surface area contributed by atoms with Gasteiger partial charge in [0, 0.05) is 11.4 Å². The molecule has 1 aromatic heterocycles. The van der Waals surface area contributed by atoms with E-state index in [-0.39, 0.29) is 23.3 Å². The van der Waals surface area contributed by atoms with Gasteiger partial charge >= 0.3 is 0 Å². The number of rotatable bonds is 8. The molecule has 4 rings (SSSR count). The molecule has 4 aromatic rings. The lowest BCUT2D eigenvalue weighted by Gasteiger charge is -2.12. The lowest BCUT2D eigenvalue weighted by Crippen LogP contribution is -2.16. The molecule has 1 heterocycles. The first-order valence-electron chi connectivity index (χ1n) is 11.5. The Morgan fingerprint density at radius 2 is 1.08 bits per heavy atom. The number of hydrogen-bond donors (Lipinski definition) is 2. The molecule has 0 saturated carbocycles. The van der Waals surface area contributed by atoms with Crippen molar-refractivity contribution in [3.8, 4) is 0 Å². The van der Waals surface area contributed by atoms with Crippen LogP contribution in [0, 0.1) is 27.7 Å². The predicted octanol–water partition coefficient (Wildman–Crippen LogP) is 6.33. The Bertz CT molecular complexity index is 1330. The zero-order valence-corrected chi connectivity index (χ0v) is 22.3. The second kappa shape index (κ2) is 11.6. The highest BCUT2D eigenvalue weighted by atomic mass is 32.2. The first-order valence-corrected chi connectivity index (χ1v) is 13.5. The Morgan fingerprint density at radius 1 is 0.667 bits per heavy atom. The van der Waals surface area contributed by atoms with Crippen molar-refractivity contribution in [1.82, 2.24) is 9.97 Å². The molecule has 0 bridgehead atoms. The van der Waals surface area contributed by atoms with Gasteiger partial charge < -0.3 is 10.6 Å². The number of aromatic nitrogens is 2. The Labute approximate surface area is 219 Å². The zero-order valence-electron chi connectivity index (χ0n) is 20.7. The fraction of sp³-hybridized carbons (Fsp3) is 0.214. The number of hydrogen-bond acceptors (Lipinski definition) is 6. The van der Waals surface area contributed by atoms with Gasteiger partial charge in [-0.3, -0.25) is 9.59 Å². The summed E-state index contributed by atoms with van der Waals surface area (Å²) >= 11 is 2.64. The minimum Gasteiger partial charge on any atom is -0.325 e. The summed E-state index contributed by atoms with van der Waals surface area (Å²) in [6, 6.07) is 19.4. The molecule has 36 heavy (non-hydrogen) atoms. The van der Waals surface area contributed by atoms with Crippen LogP contribution in [0.3, 0.4) is 0 Å². The number of carbonyl (C=O) groups is 2. The maximum absolute atomic E-state index is 12.7. The van der Waals surface area contributed by atoms with Crippen LogP contribution < -0.4 is 10.6 Å². The summed E-state index contributed by atoms with van der Waals surface area (Å²) in [6.07, 6.45) is 0. The van der Waals surface area contributed by atoms with Crippen LogP contribution in [0.5, 0.6) is 0 Å². The summed E-state index contributed by atoms with van der Waals surface area (Å²) in [6.45, 7) is 7.99. The minimum absolute atomic E-state index is 0.120. The molecule has 2 amide bonds. The summed E-state index contributed by atoms with van der Waals surface area (Å²) in [7, 11) is 0. The molecule has 0 aliphatic rings. The third-order valence-corrected chi connectivity index (χ3v) is 7.56. The van der Waals surface area contributed by atoms with Crippen LogP contribution in [-0.2, 0) is 9.59 Å². The molecular formula is C28H28N4O2S2. The van der Waals surface area contributed by atoms with Crippen LogP contribution in [0.2, 0.25) is 0 Å². The van der Waals surface area contributed by atoms with Gasteiger partial charge in [-0.05, 0) is 63.1 Å². The summed E-state index contributed by atoms with van der Waals surface area (Å²) < 4.78 is 0. The van der Waals surface area contributed by atoms with E-state index in [1.807, 2.05) is 88.4 Å². The van der Waals surface area contributed by atoms with Crippen LogP contribution in [0.1, 0.15) is 22.3 Å². The number of nitrogens with zero attached hydrogens (tertiary/aromatic N) is 2. The van der Waals surface area contributed by atoms with Gasteiger partial charge in [0.15, 0.2) is 0 Å². The second-order valence-corrected chi connectivity index (χ2v) is 10.6. The molecule has 3 aromatic carbocycles. The number of amides is 2. The molecular weight excluding hydrogens is 488 g/mol. The monoisotopic (exact) mass is 516 g/mol. The van der Waals surface area contributed by atoms with E-state index in [0.717, 1.165) is 44.7 Å². The second-order valence-electron chi connectivity index (χ2n) is 8.63. The van der Waals surface area contributed by atoms with E-state index in [4.69, 9.17) is 9.97 Å². The Kier molecular flexibility index (Phi) is 8.28. The standard InChI is InChI=1S/C28H28N4O2S2/c1-17-9-11-21(19(3)13-17)29-25(33)15-35-27-28(32-24-8-6-5-7-23(24)31-27)36-16-26(34)30-22-12-10-18(2)14-20(22)4/h5-14H,15-16H2,1-4H3,(H,29,33)(H,30,34). The smallest absolute Gasteiger partial charge is 0.234 e. The third kappa shape index (κ3) is 6.65. The predicted molar refractivity (Wildman–Crippen MR) is 150 cm³/mol. The van der Waals surface area contributed by atoms with E-state index in [9.17, 15) is 9.59 Å². The normalized spacial score (nSPS) is 10.9. The van der Waals surface area contributed by atoms with Gasteiger partial charge in [0.25, 0.3) is 0 Å². The lowest BCUT2D eigenvalue weighted by molar-refractivity contribution is -0.114. The van der Waals surface area contributed by atoms with Gasteiger partial charge in [0.2, 0.25) is 11.8 Å². The van der Waals surface area contributed by atoms with Gasteiger partial charge in [0.1, 0.15) is 10.1 Å². The maximum atomic E-state index is 12.7. The van der Waals surface area contributed by atoms with Crippen molar-refractivity contribution >= 4 is 57.7 Å². The number of anilines is 2. The quantitative estimate of drug-likeness (QED) is 0.267. The molecule has 0 aliphatic carbocycles. The van der Waals surface area contributed by atoms with Crippen molar-refractivity contribution in [2.45, 2.75) is 37.7 Å². The van der Waals surface area contributed by atoms with Gasteiger partial charge in [-0.25, -0.2) is 9.97 Å². The molecule has 184 valence electrons. The van der Waals surface area contributed by atoms with Crippen molar-refractivity contribution in [3.05, 3.63) is 82.9 Å². The lowest BCUT2D eigenvalue weighted by atomic mass is 10.1. The van der Waals surface area contributed by atoms with Gasteiger partial charge in [-0.15, -0.1) is 0 Å². The number of para-hydroxylation sites is 2. The molecule has 0 radical (unpaired) electrons. The summed E-state index contributed by atoms with van der Waals surface area (Å²) in [5, 5.41) is 7.21. The zero-order chi connectivity index (χ0) is 25.7. The number of fused-ring (bicyclic) bond motifs is 1. The summed E-state index contributed by atoms with van der Waals surface area (Å²) in [5.74, 6) is 0.126.